The highest BCUT2D eigenvalue weighted by Crippen LogP contribution is 2.34. The molecule has 4 aromatic rings. The third-order valence-corrected chi connectivity index (χ3v) is 4.50. The fraction of sp³-hybridized carbons (Fsp3) is 0.0435. The van der Waals surface area contributed by atoms with Crippen LogP contribution >= 0.6 is 11.6 Å². The summed E-state index contributed by atoms with van der Waals surface area (Å²) in [6, 6.07) is 30.8. The molecule has 0 heterocycles. The van der Waals surface area contributed by atoms with E-state index in [1.807, 2.05) is 18.2 Å². The SMILES string of the molecule is Cc1ccc(-c2[c]c(-c3cccc(Cl)c3)c3ccccc3c2)cc1. The van der Waals surface area contributed by atoms with Crippen LogP contribution in [0.4, 0.5) is 0 Å². The van der Waals surface area contributed by atoms with Crippen LogP contribution in [0.1, 0.15) is 5.56 Å². The van der Waals surface area contributed by atoms with Crippen molar-refractivity contribution in [3.8, 4) is 22.3 Å². The molecule has 0 unspecified atom stereocenters. The lowest BCUT2D eigenvalue weighted by molar-refractivity contribution is 1.47. The summed E-state index contributed by atoms with van der Waals surface area (Å²) < 4.78 is 0. The quantitative estimate of drug-likeness (QED) is 0.374. The minimum atomic E-state index is 0.741. The van der Waals surface area contributed by atoms with Crippen molar-refractivity contribution in [3.63, 3.8) is 0 Å². The molecule has 0 saturated heterocycles. The first-order chi connectivity index (χ1) is 11.7. The van der Waals surface area contributed by atoms with E-state index in [9.17, 15) is 0 Å². The number of hydrogen-bond donors (Lipinski definition) is 0. The van der Waals surface area contributed by atoms with E-state index in [0.29, 0.717) is 0 Å². The van der Waals surface area contributed by atoms with Crippen LogP contribution in [-0.2, 0) is 0 Å². The van der Waals surface area contributed by atoms with Crippen molar-refractivity contribution in [1.82, 2.24) is 0 Å². The standard InChI is InChI=1S/C23H16Cl/c1-16-9-11-17(12-10-16)20-13-18-5-2-3-8-22(18)23(15-20)19-6-4-7-21(24)14-19/h2-14H,1H3. The van der Waals surface area contributed by atoms with Crippen molar-refractivity contribution >= 4 is 22.4 Å². The Balaban J connectivity index is 1.99. The molecule has 24 heavy (non-hydrogen) atoms. The van der Waals surface area contributed by atoms with Crippen LogP contribution in [0.25, 0.3) is 33.0 Å². The predicted molar refractivity (Wildman–Crippen MR) is 103 cm³/mol. The third-order valence-electron chi connectivity index (χ3n) is 4.27. The molecule has 0 fully saturated rings. The molecule has 0 aliphatic rings. The van der Waals surface area contributed by atoms with Crippen molar-refractivity contribution in [3.05, 3.63) is 95.5 Å². The molecule has 1 heteroatoms. The molecular weight excluding hydrogens is 312 g/mol. The fourth-order valence-electron chi connectivity index (χ4n) is 3.00. The number of aryl methyl sites for hydroxylation is 1. The van der Waals surface area contributed by atoms with Gasteiger partial charge in [-0.3, -0.25) is 0 Å². The van der Waals surface area contributed by atoms with Crippen molar-refractivity contribution in [2.24, 2.45) is 0 Å². The van der Waals surface area contributed by atoms with Gasteiger partial charge < -0.3 is 0 Å². The van der Waals surface area contributed by atoms with E-state index >= 15 is 0 Å². The Labute approximate surface area is 147 Å². The Morgan fingerprint density at radius 1 is 0.750 bits per heavy atom. The van der Waals surface area contributed by atoms with Gasteiger partial charge in [0.1, 0.15) is 0 Å². The first-order valence-corrected chi connectivity index (χ1v) is 8.36. The van der Waals surface area contributed by atoms with Crippen LogP contribution in [0.5, 0.6) is 0 Å². The summed E-state index contributed by atoms with van der Waals surface area (Å²) >= 11 is 6.21. The van der Waals surface area contributed by atoms with Crippen LogP contribution < -0.4 is 0 Å². The van der Waals surface area contributed by atoms with E-state index in [1.165, 1.54) is 21.9 Å². The van der Waals surface area contributed by atoms with Crippen LogP contribution in [0.2, 0.25) is 5.02 Å². The van der Waals surface area contributed by atoms with Crippen LogP contribution in [-0.4, -0.2) is 0 Å². The van der Waals surface area contributed by atoms with Crippen LogP contribution in [0.3, 0.4) is 0 Å². The van der Waals surface area contributed by atoms with Crippen molar-refractivity contribution in [1.29, 1.82) is 0 Å². The summed E-state index contributed by atoms with van der Waals surface area (Å²) in [5, 5.41) is 3.14. The minimum Gasteiger partial charge on any atom is -0.0843 e. The van der Waals surface area contributed by atoms with E-state index in [4.69, 9.17) is 11.6 Å². The number of halogens is 1. The third kappa shape index (κ3) is 2.81. The summed E-state index contributed by atoms with van der Waals surface area (Å²) in [4.78, 5) is 0. The van der Waals surface area contributed by atoms with E-state index in [-0.39, 0.29) is 0 Å². The highest BCUT2D eigenvalue weighted by Gasteiger charge is 2.09. The van der Waals surface area contributed by atoms with Gasteiger partial charge in [0.2, 0.25) is 0 Å². The summed E-state index contributed by atoms with van der Waals surface area (Å²) in [5.41, 5.74) is 5.71. The summed E-state index contributed by atoms with van der Waals surface area (Å²) in [6.45, 7) is 2.10. The van der Waals surface area contributed by atoms with Gasteiger partial charge in [-0.1, -0.05) is 77.8 Å². The topological polar surface area (TPSA) is 0 Å². The molecule has 0 N–H and O–H groups in total. The smallest absolute Gasteiger partial charge is 0.0412 e. The van der Waals surface area contributed by atoms with Crippen molar-refractivity contribution in [2.75, 3.05) is 0 Å². The molecule has 0 bridgehead atoms. The van der Waals surface area contributed by atoms with E-state index < -0.39 is 0 Å². The molecule has 1 radical (unpaired) electrons. The van der Waals surface area contributed by atoms with Gasteiger partial charge in [-0.05, 0) is 64.2 Å². The Hall–Kier alpha value is -2.57. The van der Waals surface area contributed by atoms with Crippen LogP contribution in [0, 0.1) is 13.0 Å². The Morgan fingerprint density at radius 2 is 1.54 bits per heavy atom. The maximum Gasteiger partial charge on any atom is 0.0412 e. The summed E-state index contributed by atoms with van der Waals surface area (Å²) in [7, 11) is 0. The first-order valence-electron chi connectivity index (χ1n) is 7.99. The van der Waals surface area contributed by atoms with Gasteiger partial charge in [-0.15, -0.1) is 0 Å². The van der Waals surface area contributed by atoms with Gasteiger partial charge in [-0.2, -0.15) is 0 Å². The van der Waals surface area contributed by atoms with Gasteiger partial charge in [0.25, 0.3) is 0 Å². The molecule has 115 valence electrons. The lowest BCUT2D eigenvalue weighted by Crippen LogP contribution is -1.86. The molecule has 4 aromatic carbocycles. The molecular formula is C23H16Cl. The van der Waals surface area contributed by atoms with E-state index in [1.54, 1.807) is 0 Å². The van der Waals surface area contributed by atoms with Gasteiger partial charge in [-0.25, -0.2) is 0 Å². The van der Waals surface area contributed by atoms with Gasteiger partial charge in [0, 0.05) is 5.02 Å². The zero-order chi connectivity index (χ0) is 16.5. The number of rotatable bonds is 2. The molecule has 0 nitrogen and oxygen atoms in total. The molecule has 4 rings (SSSR count). The molecule has 0 amide bonds. The van der Waals surface area contributed by atoms with Crippen molar-refractivity contribution in [2.45, 2.75) is 6.92 Å². The second-order valence-electron chi connectivity index (χ2n) is 6.02. The second kappa shape index (κ2) is 6.14. The number of hydrogen-bond acceptors (Lipinski definition) is 0. The Bertz CT molecular complexity index is 1010. The lowest BCUT2D eigenvalue weighted by Gasteiger charge is -2.11. The Kier molecular flexibility index (Phi) is 3.84. The summed E-state index contributed by atoms with van der Waals surface area (Å²) in [5.74, 6) is 0. The predicted octanol–water partition coefficient (Wildman–Crippen LogP) is 6.94. The monoisotopic (exact) mass is 327 g/mol. The molecule has 0 spiro atoms. The highest BCUT2D eigenvalue weighted by atomic mass is 35.5. The van der Waals surface area contributed by atoms with Gasteiger partial charge in [0.05, 0.1) is 0 Å². The normalized spacial score (nSPS) is 10.9. The average molecular weight is 328 g/mol. The van der Waals surface area contributed by atoms with Gasteiger partial charge in [0.15, 0.2) is 0 Å². The maximum absolute atomic E-state index is 6.21. The molecule has 0 saturated carbocycles. The lowest BCUT2D eigenvalue weighted by atomic mass is 9.93. The number of fused-ring (bicyclic) bond motifs is 1. The summed E-state index contributed by atoms with van der Waals surface area (Å²) in [6.07, 6.45) is 0. The average Bonchev–Trinajstić information content (AvgIpc) is 2.61. The molecule has 0 aliphatic heterocycles. The Morgan fingerprint density at radius 3 is 2.33 bits per heavy atom. The first kappa shape index (κ1) is 15.0. The molecule has 0 atom stereocenters. The molecule has 0 aliphatic carbocycles. The number of benzene rings is 4. The highest BCUT2D eigenvalue weighted by molar-refractivity contribution is 6.30. The minimum absolute atomic E-state index is 0.741. The zero-order valence-corrected chi connectivity index (χ0v) is 14.1. The second-order valence-corrected chi connectivity index (χ2v) is 6.46. The largest absolute Gasteiger partial charge is 0.0843 e. The fourth-order valence-corrected chi connectivity index (χ4v) is 3.19. The van der Waals surface area contributed by atoms with Gasteiger partial charge >= 0.3 is 0 Å². The zero-order valence-electron chi connectivity index (χ0n) is 13.4. The van der Waals surface area contributed by atoms with Crippen molar-refractivity contribution < 1.29 is 0 Å². The van der Waals surface area contributed by atoms with E-state index in [2.05, 4.69) is 73.7 Å². The van der Waals surface area contributed by atoms with Crippen LogP contribution in [0.15, 0.2) is 78.9 Å². The molecule has 0 aromatic heterocycles. The maximum atomic E-state index is 6.21. The van der Waals surface area contributed by atoms with E-state index in [0.717, 1.165) is 21.7 Å².